The van der Waals surface area contributed by atoms with Gasteiger partial charge in [-0.15, -0.1) is 11.8 Å². The third-order valence-electron chi connectivity index (χ3n) is 2.19. The molecular formula is C11H16ClNO2S2. The van der Waals surface area contributed by atoms with E-state index in [9.17, 15) is 8.42 Å². The summed E-state index contributed by atoms with van der Waals surface area (Å²) in [5.41, 5.74) is 6.72. The fraction of sp³-hybridized carbons (Fsp3) is 0.455. The fourth-order valence-corrected chi connectivity index (χ4v) is 3.70. The van der Waals surface area contributed by atoms with Gasteiger partial charge in [-0.05, 0) is 24.6 Å². The lowest BCUT2D eigenvalue weighted by Gasteiger charge is -2.09. The van der Waals surface area contributed by atoms with E-state index in [0.29, 0.717) is 10.8 Å². The standard InChI is InChI=1S/C11H16ClNO2S2/c1-8(13)9-3-4-11(10(12)7-9)16-5-6-17(2,14)15/h3-4,7-8H,5-6,13H2,1-2H3/t8-/m1/s1. The molecule has 1 aromatic carbocycles. The van der Waals surface area contributed by atoms with E-state index in [-0.39, 0.29) is 11.8 Å². The van der Waals surface area contributed by atoms with Crippen LogP contribution in [0.5, 0.6) is 0 Å². The number of benzene rings is 1. The Morgan fingerprint density at radius 2 is 2.12 bits per heavy atom. The van der Waals surface area contributed by atoms with Crippen molar-refractivity contribution in [2.45, 2.75) is 17.9 Å². The van der Waals surface area contributed by atoms with Crippen LogP contribution in [0.2, 0.25) is 5.02 Å². The van der Waals surface area contributed by atoms with Gasteiger partial charge in [-0.25, -0.2) is 8.42 Å². The highest BCUT2D eigenvalue weighted by molar-refractivity contribution is 8.00. The number of hydrogen-bond acceptors (Lipinski definition) is 4. The van der Waals surface area contributed by atoms with Crippen molar-refractivity contribution in [1.29, 1.82) is 0 Å². The van der Waals surface area contributed by atoms with Crippen LogP contribution in [0.4, 0.5) is 0 Å². The zero-order valence-corrected chi connectivity index (χ0v) is 12.2. The molecule has 17 heavy (non-hydrogen) atoms. The Hall–Kier alpha value is -0.230. The fourth-order valence-electron chi connectivity index (χ4n) is 1.22. The van der Waals surface area contributed by atoms with E-state index >= 15 is 0 Å². The maximum absolute atomic E-state index is 11.0. The normalized spacial score (nSPS) is 13.6. The highest BCUT2D eigenvalue weighted by Gasteiger charge is 2.07. The first-order valence-electron chi connectivity index (χ1n) is 5.15. The molecule has 1 atom stereocenters. The zero-order valence-electron chi connectivity index (χ0n) is 9.81. The predicted octanol–water partition coefficient (Wildman–Crippen LogP) is 2.50. The third-order valence-corrected chi connectivity index (χ3v) is 4.90. The van der Waals surface area contributed by atoms with Crippen molar-refractivity contribution in [3.63, 3.8) is 0 Å². The second-order valence-electron chi connectivity index (χ2n) is 3.96. The molecule has 1 rings (SSSR count). The molecule has 0 aromatic heterocycles. The molecule has 0 aliphatic heterocycles. The van der Waals surface area contributed by atoms with Gasteiger partial charge in [-0.1, -0.05) is 17.7 Å². The molecule has 1 aromatic rings. The molecule has 96 valence electrons. The molecule has 2 N–H and O–H groups in total. The van der Waals surface area contributed by atoms with E-state index in [1.165, 1.54) is 18.0 Å². The molecular weight excluding hydrogens is 278 g/mol. The molecule has 0 radical (unpaired) electrons. The highest BCUT2D eigenvalue weighted by atomic mass is 35.5. The van der Waals surface area contributed by atoms with E-state index in [1.807, 2.05) is 25.1 Å². The largest absolute Gasteiger partial charge is 0.324 e. The van der Waals surface area contributed by atoms with Gasteiger partial charge in [0.15, 0.2) is 0 Å². The van der Waals surface area contributed by atoms with Gasteiger partial charge in [0.05, 0.1) is 10.8 Å². The van der Waals surface area contributed by atoms with Crippen molar-refractivity contribution in [3.8, 4) is 0 Å². The van der Waals surface area contributed by atoms with E-state index in [4.69, 9.17) is 17.3 Å². The van der Waals surface area contributed by atoms with Crippen molar-refractivity contribution in [2.24, 2.45) is 5.73 Å². The van der Waals surface area contributed by atoms with Gasteiger partial charge in [-0.3, -0.25) is 0 Å². The number of rotatable bonds is 5. The molecule has 0 aliphatic carbocycles. The zero-order chi connectivity index (χ0) is 13.1. The molecule has 6 heteroatoms. The first-order valence-corrected chi connectivity index (χ1v) is 8.57. The van der Waals surface area contributed by atoms with Crippen LogP contribution in [0.15, 0.2) is 23.1 Å². The van der Waals surface area contributed by atoms with Crippen molar-refractivity contribution < 1.29 is 8.42 Å². The average Bonchev–Trinajstić information content (AvgIpc) is 2.18. The molecule has 0 amide bonds. The molecule has 0 heterocycles. The molecule has 3 nitrogen and oxygen atoms in total. The Morgan fingerprint density at radius 1 is 1.47 bits per heavy atom. The summed E-state index contributed by atoms with van der Waals surface area (Å²) in [5, 5.41) is 0.623. The molecule has 0 spiro atoms. The lowest BCUT2D eigenvalue weighted by molar-refractivity contribution is 0.603. The minimum absolute atomic E-state index is 0.0532. The number of hydrogen-bond donors (Lipinski definition) is 1. The lowest BCUT2D eigenvalue weighted by atomic mass is 10.1. The topological polar surface area (TPSA) is 60.2 Å². The van der Waals surface area contributed by atoms with Crippen molar-refractivity contribution >= 4 is 33.2 Å². The van der Waals surface area contributed by atoms with Gasteiger partial charge in [0, 0.05) is 22.9 Å². The quantitative estimate of drug-likeness (QED) is 0.848. The van der Waals surface area contributed by atoms with Crippen LogP contribution in [0.3, 0.4) is 0 Å². The highest BCUT2D eigenvalue weighted by Crippen LogP contribution is 2.29. The van der Waals surface area contributed by atoms with E-state index in [1.54, 1.807) is 0 Å². The van der Waals surface area contributed by atoms with Crippen LogP contribution < -0.4 is 5.73 Å². The van der Waals surface area contributed by atoms with E-state index < -0.39 is 9.84 Å². The Balaban J connectivity index is 2.67. The summed E-state index contributed by atoms with van der Waals surface area (Å²) < 4.78 is 22.0. The number of nitrogens with two attached hydrogens (primary N) is 1. The summed E-state index contributed by atoms with van der Waals surface area (Å²) in [6, 6.07) is 5.57. The minimum Gasteiger partial charge on any atom is -0.324 e. The smallest absolute Gasteiger partial charge is 0.148 e. The Kier molecular flexibility index (Phi) is 5.31. The maximum atomic E-state index is 11.0. The minimum atomic E-state index is -2.91. The number of thioether (sulfide) groups is 1. The van der Waals surface area contributed by atoms with Gasteiger partial charge < -0.3 is 5.73 Å². The van der Waals surface area contributed by atoms with Gasteiger partial charge in [-0.2, -0.15) is 0 Å². The van der Waals surface area contributed by atoms with E-state index in [0.717, 1.165) is 10.5 Å². The summed E-state index contributed by atoms with van der Waals surface area (Å²) in [6.45, 7) is 1.89. The van der Waals surface area contributed by atoms with E-state index in [2.05, 4.69) is 0 Å². The summed E-state index contributed by atoms with van der Waals surface area (Å²) in [5.74, 6) is 0.666. The molecule has 0 fully saturated rings. The van der Waals surface area contributed by atoms with Gasteiger partial charge in [0.1, 0.15) is 9.84 Å². The predicted molar refractivity (Wildman–Crippen MR) is 74.5 cm³/mol. The molecule has 0 bridgehead atoms. The summed E-state index contributed by atoms with van der Waals surface area (Å²) in [6.07, 6.45) is 1.23. The summed E-state index contributed by atoms with van der Waals surface area (Å²) in [7, 11) is -2.91. The van der Waals surface area contributed by atoms with Crippen LogP contribution in [-0.4, -0.2) is 26.2 Å². The number of sulfone groups is 1. The summed E-state index contributed by atoms with van der Waals surface area (Å²) in [4.78, 5) is 0.889. The monoisotopic (exact) mass is 293 g/mol. The van der Waals surface area contributed by atoms with Crippen LogP contribution in [0, 0.1) is 0 Å². The second kappa shape index (κ2) is 6.09. The van der Waals surface area contributed by atoms with Gasteiger partial charge >= 0.3 is 0 Å². The van der Waals surface area contributed by atoms with Crippen LogP contribution in [-0.2, 0) is 9.84 Å². The van der Waals surface area contributed by atoms with Crippen molar-refractivity contribution in [2.75, 3.05) is 17.8 Å². The molecule has 0 aliphatic rings. The maximum Gasteiger partial charge on any atom is 0.148 e. The Bertz CT molecular complexity index is 486. The Labute approximate surface area is 112 Å². The van der Waals surface area contributed by atoms with Crippen LogP contribution >= 0.6 is 23.4 Å². The molecule has 0 unspecified atom stereocenters. The summed E-state index contributed by atoms with van der Waals surface area (Å²) >= 11 is 7.54. The van der Waals surface area contributed by atoms with Crippen LogP contribution in [0.25, 0.3) is 0 Å². The first-order chi connectivity index (χ1) is 7.79. The Morgan fingerprint density at radius 3 is 2.59 bits per heavy atom. The van der Waals surface area contributed by atoms with Crippen molar-refractivity contribution in [1.82, 2.24) is 0 Å². The van der Waals surface area contributed by atoms with Crippen molar-refractivity contribution in [3.05, 3.63) is 28.8 Å². The number of halogens is 1. The van der Waals surface area contributed by atoms with Gasteiger partial charge in [0.2, 0.25) is 0 Å². The molecule has 0 saturated heterocycles. The van der Waals surface area contributed by atoms with Crippen LogP contribution in [0.1, 0.15) is 18.5 Å². The SMILES string of the molecule is C[C@@H](N)c1ccc(SCCS(C)(=O)=O)c(Cl)c1. The second-order valence-corrected chi connectivity index (χ2v) is 7.76. The average molecular weight is 294 g/mol. The first kappa shape index (κ1) is 14.8. The third kappa shape index (κ3) is 5.29. The lowest BCUT2D eigenvalue weighted by Crippen LogP contribution is -2.06. The van der Waals surface area contributed by atoms with Gasteiger partial charge in [0.25, 0.3) is 0 Å². The molecule has 0 saturated carbocycles.